The normalized spacial score (nSPS) is 22.0. The number of benzene rings is 4. The van der Waals surface area contributed by atoms with Gasteiger partial charge in [-0.2, -0.15) is 0 Å². The van der Waals surface area contributed by atoms with Crippen LogP contribution in [0.4, 0.5) is 0 Å². The standard InChI is InChI=1S/2C27H33.2ClH.Zr/c2*1-25(2,3)22-10-8-18(9-11-22)19-14-20-16-23-24(17-21(20)15-19)27(6,7)13-12-26(23,4)5;;;/h2*8-11,14-17H,12-13H2,1-7H3;2*1H;/q;;;;+2/p-2. The van der Waals surface area contributed by atoms with Gasteiger partial charge in [-0.3, -0.25) is 0 Å². The van der Waals surface area contributed by atoms with Crippen LogP contribution in [0.15, 0.2) is 72.8 Å². The van der Waals surface area contributed by atoms with Gasteiger partial charge >= 0.3 is 348 Å². The molecule has 0 saturated heterocycles. The van der Waals surface area contributed by atoms with Gasteiger partial charge in [0.05, 0.1) is 0 Å². The molecule has 0 fully saturated rings. The van der Waals surface area contributed by atoms with Crippen molar-refractivity contribution in [1.29, 1.82) is 0 Å². The molecule has 2 atom stereocenters. The zero-order valence-electron chi connectivity index (χ0n) is 37.3. The Labute approximate surface area is 370 Å². The van der Waals surface area contributed by atoms with Crippen LogP contribution in [0.5, 0.6) is 0 Å². The van der Waals surface area contributed by atoms with Crippen molar-refractivity contribution in [3.8, 4) is 0 Å². The predicted molar refractivity (Wildman–Crippen MR) is 235 cm³/mol. The molecule has 0 bridgehead atoms. The van der Waals surface area contributed by atoms with E-state index < -0.39 is 23.2 Å². The summed E-state index contributed by atoms with van der Waals surface area (Å²) >= 11 is -1.24. The molecule has 4 aromatic rings. The van der Waals surface area contributed by atoms with Crippen LogP contribution in [0.2, 0.25) is 0 Å². The molecule has 300 valence electrons. The molecule has 0 aliphatic heterocycles. The maximum Gasteiger partial charge on any atom is -1.00 e. The Kier molecular flexibility index (Phi) is 11.5. The van der Waals surface area contributed by atoms with Crippen molar-refractivity contribution in [3.63, 3.8) is 0 Å². The van der Waals surface area contributed by atoms with Gasteiger partial charge in [-0.15, -0.1) is 0 Å². The molecule has 0 amide bonds. The van der Waals surface area contributed by atoms with Crippen LogP contribution in [0.3, 0.4) is 0 Å². The number of rotatable bonds is 4. The third-order valence-electron chi connectivity index (χ3n) is 14.5. The quantitative estimate of drug-likeness (QED) is 0.192. The van der Waals surface area contributed by atoms with E-state index in [4.69, 9.17) is 0 Å². The van der Waals surface area contributed by atoms with Gasteiger partial charge in [0.1, 0.15) is 0 Å². The second-order valence-corrected chi connectivity index (χ2v) is 26.1. The van der Waals surface area contributed by atoms with E-state index >= 15 is 0 Å². The summed E-state index contributed by atoms with van der Waals surface area (Å²) in [4.78, 5) is 0. The van der Waals surface area contributed by atoms with E-state index in [0.29, 0.717) is 7.25 Å². The topological polar surface area (TPSA) is 0 Å². The summed E-state index contributed by atoms with van der Waals surface area (Å²) in [5, 5.41) is 0. The number of halogens is 2. The van der Waals surface area contributed by atoms with Crippen molar-refractivity contribution in [3.05, 3.63) is 140 Å². The van der Waals surface area contributed by atoms with Gasteiger partial charge < -0.3 is 24.8 Å². The summed E-state index contributed by atoms with van der Waals surface area (Å²) in [7, 11) is 0. The third kappa shape index (κ3) is 7.84. The molecule has 4 aromatic carbocycles. The van der Waals surface area contributed by atoms with Crippen LogP contribution < -0.4 is 24.8 Å². The van der Waals surface area contributed by atoms with E-state index in [9.17, 15) is 0 Å². The Bertz CT molecular complexity index is 2080. The molecule has 0 saturated carbocycles. The predicted octanol–water partition coefficient (Wildman–Crippen LogP) is 8.96. The van der Waals surface area contributed by atoms with Gasteiger partial charge in [-0.1, -0.05) is 0 Å². The molecule has 3 heteroatoms. The van der Waals surface area contributed by atoms with Crippen molar-refractivity contribution < 1.29 is 48.0 Å². The molecule has 4 aliphatic carbocycles. The molecule has 0 spiro atoms. The first-order chi connectivity index (χ1) is 25.5. The molecule has 8 rings (SSSR count). The van der Waals surface area contributed by atoms with Gasteiger partial charge in [0.15, 0.2) is 0 Å². The number of hydrogen-bond acceptors (Lipinski definition) is 0. The zero-order chi connectivity index (χ0) is 39.7. The van der Waals surface area contributed by atoms with Gasteiger partial charge in [0.25, 0.3) is 0 Å². The Morgan fingerprint density at radius 3 is 1.00 bits per heavy atom. The van der Waals surface area contributed by atoms with E-state index in [2.05, 4.69) is 182 Å². The number of fused-ring (bicyclic) bond motifs is 4. The molecule has 0 radical (unpaired) electrons. The van der Waals surface area contributed by atoms with Gasteiger partial charge in [-0.05, 0) is 0 Å². The van der Waals surface area contributed by atoms with Crippen LogP contribution in [-0.4, -0.2) is 0 Å². The summed E-state index contributed by atoms with van der Waals surface area (Å²) < 4.78 is 0.942. The Hall–Kier alpha value is -2.18. The van der Waals surface area contributed by atoms with Crippen molar-refractivity contribution in [2.45, 2.75) is 162 Å². The fraction of sp³-hybridized carbons (Fsp3) is 0.481. The first kappa shape index (κ1) is 44.4. The Balaban J connectivity index is 0.00000275. The van der Waals surface area contributed by atoms with E-state index in [-0.39, 0.29) is 57.3 Å². The first-order valence-electron chi connectivity index (χ1n) is 21.3. The third-order valence-corrected chi connectivity index (χ3v) is 19.2. The minimum atomic E-state index is -1.24. The molecular weight excluding hydrogens is 811 g/mol. The van der Waals surface area contributed by atoms with Gasteiger partial charge in [0.2, 0.25) is 0 Å². The van der Waals surface area contributed by atoms with Crippen LogP contribution in [0.1, 0.15) is 197 Å². The number of hydrogen-bond donors (Lipinski definition) is 0. The van der Waals surface area contributed by atoms with Crippen molar-refractivity contribution in [1.82, 2.24) is 0 Å². The minimum Gasteiger partial charge on any atom is -1.00 e. The molecule has 2 unspecified atom stereocenters. The molecule has 0 aromatic heterocycles. The monoisotopic (exact) mass is 874 g/mol. The molecule has 0 N–H and O–H groups in total. The molecule has 57 heavy (non-hydrogen) atoms. The summed E-state index contributed by atoms with van der Waals surface area (Å²) in [5.74, 6) is 0. The second-order valence-electron chi connectivity index (χ2n) is 22.5. The largest absolute Gasteiger partial charge is 1.00 e. The van der Waals surface area contributed by atoms with E-state index in [1.54, 1.807) is 44.5 Å². The average Bonchev–Trinajstić information content (AvgIpc) is 3.65. The fourth-order valence-corrected chi connectivity index (χ4v) is 15.3. The number of allylic oxidation sites excluding steroid dienone is 2. The van der Waals surface area contributed by atoms with Crippen LogP contribution >= 0.6 is 0 Å². The van der Waals surface area contributed by atoms with Gasteiger partial charge in [0, 0.05) is 0 Å². The van der Waals surface area contributed by atoms with Gasteiger partial charge in [-0.25, -0.2) is 0 Å². The van der Waals surface area contributed by atoms with E-state index in [0.717, 1.165) is 0 Å². The maximum atomic E-state index is 2.72. The Morgan fingerprint density at radius 1 is 0.439 bits per heavy atom. The Morgan fingerprint density at radius 2 is 0.719 bits per heavy atom. The summed E-state index contributed by atoms with van der Waals surface area (Å²) in [6.45, 7) is 33.9. The minimum absolute atomic E-state index is 0. The van der Waals surface area contributed by atoms with Crippen LogP contribution in [0.25, 0.3) is 23.3 Å². The SMILES string of the molecule is CC(C)(C)c1ccc(C2=Cc3cc4c(cc3[CH]2[Zr+2][CH]2C(c3ccc(C(C)(C)C)cc3)=Cc3cc5c(cc32)C(C)(C)CCC5(C)C)C(C)(C)CCC4(C)C)cc1.[Cl-].[Cl-]. The van der Waals surface area contributed by atoms with Crippen LogP contribution in [0, 0.1) is 0 Å². The smallest absolute Gasteiger partial charge is 1.00 e. The molecule has 4 aliphatic rings. The zero-order valence-corrected chi connectivity index (χ0v) is 41.3. The summed E-state index contributed by atoms with van der Waals surface area (Å²) in [6.07, 6.45) is 10.2. The average molecular weight is 877 g/mol. The van der Waals surface area contributed by atoms with E-state index in [1.165, 1.54) is 59.1 Å². The maximum absolute atomic E-state index is 2.72. The fourth-order valence-electron chi connectivity index (χ4n) is 10.2. The van der Waals surface area contributed by atoms with Crippen molar-refractivity contribution in [2.75, 3.05) is 0 Å². The molecule has 0 heterocycles. The molecule has 0 nitrogen and oxygen atoms in total. The summed E-state index contributed by atoms with van der Waals surface area (Å²) in [6, 6.07) is 30.1. The second kappa shape index (κ2) is 14.8. The van der Waals surface area contributed by atoms with E-state index in [1.807, 2.05) is 0 Å². The first-order valence-corrected chi connectivity index (χ1v) is 24.1. The van der Waals surface area contributed by atoms with Crippen molar-refractivity contribution in [2.24, 2.45) is 0 Å². The van der Waals surface area contributed by atoms with Crippen LogP contribution in [-0.2, 0) is 55.7 Å². The molecular formula is C54H66Cl2Zr. The summed E-state index contributed by atoms with van der Waals surface area (Å²) in [5.41, 5.74) is 22.4. The van der Waals surface area contributed by atoms with Crippen molar-refractivity contribution >= 4 is 23.3 Å².